The first-order valence-electron chi connectivity index (χ1n) is 8.94. The molecule has 3 rings (SSSR count). The Morgan fingerprint density at radius 1 is 1.19 bits per heavy atom. The summed E-state index contributed by atoms with van der Waals surface area (Å²) in [6, 6.07) is 8.02. The molecule has 1 N–H and O–H groups in total. The van der Waals surface area contributed by atoms with Gasteiger partial charge in [-0.1, -0.05) is 13.8 Å². The molecule has 0 fully saturated rings. The summed E-state index contributed by atoms with van der Waals surface area (Å²) < 4.78 is 26.8. The van der Waals surface area contributed by atoms with Gasteiger partial charge < -0.3 is 9.88 Å². The van der Waals surface area contributed by atoms with Crippen LogP contribution in [0.15, 0.2) is 40.0 Å². The normalized spacial score (nSPS) is 13.9. The topological polar surface area (TPSA) is 90.6 Å². The maximum Gasteiger partial charge on any atom is 0.263 e. The van der Waals surface area contributed by atoms with E-state index in [1.807, 2.05) is 0 Å². The van der Waals surface area contributed by atoms with Crippen molar-refractivity contribution in [2.75, 3.05) is 24.5 Å². The minimum Gasteiger partial charge on any atom is -0.326 e. The lowest BCUT2D eigenvalue weighted by molar-refractivity contribution is 0.0988. The maximum atomic E-state index is 12.8. The lowest BCUT2D eigenvalue weighted by atomic mass is 10.1. The Kier molecular flexibility index (Phi) is 5.21. The number of H-pyrrole nitrogens is 1. The molecule has 7 nitrogen and oxygen atoms in total. The van der Waals surface area contributed by atoms with Crippen molar-refractivity contribution in [3.8, 4) is 0 Å². The molecular weight excluding hydrogens is 366 g/mol. The van der Waals surface area contributed by atoms with E-state index in [1.54, 1.807) is 39.0 Å². The molecule has 2 heterocycles. The molecule has 0 saturated carbocycles. The molecule has 144 valence electrons. The summed E-state index contributed by atoms with van der Waals surface area (Å²) in [5, 5.41) is 0. The third-order valence-corrected chi connectivity index (χ3v) is 6.87. The van der Waals surface area contributed by atoms with Crippen molar-refractivity contribution in [3.05, 3.63) is 57.5 Å². The fourth-order valence-corrected chi connectivity index (χ4v) is 4.86. The van der Waals surface area contributed by atoms with Gasteiger partial charge in [-0.15, -0.1) is 0 Å². The number of nitrogens with one attached hydrogen (secondary N) is 1. The quantitative estimate of drug-likeness (QED) is 0.846. The first kappa shape index (κ1) is 19.3. The number of aromatic amines is 1. The van der Waals surface area contributed by atoms with Crippen molar-refractivity contribution >= 4 is 21.6 Å². The van der Waals surface area contributed by atoms with E-state index in [0.717, 1.165) is 5.56 Å². The summed E-state index contributed by atoms with van der Waals surface area (Å²) in [6.45, 7) is 6.56. The second-order valence-corrected chi connectivity index (χ2v) is 8.41. The molecule has 1 aliphatic rings. The van der Waals surface area contributed by atoms with Gasteiger partial charge in [0.1, 0.15) is 5.56 Å². The number of nitrogens with zero attached hydrogens (tertiary/aromatic N) is 2. The Morgan fingerprint density at radius 3 is 2.52 bits per heavy atom. The number of carbonyl (C=O) groups excluding carboxylic acids is 1. The zero-order valence-electron chi connectivity index (χ0n) is 15.7. The Hall–Kier alpha value is -2.45. The number of hydrogen-bond donors (Lipinski definition) is 1. The number of benzene rings is 1. The van der Waals surface area contributed by atoms with Gasteiger partial charge in [0.15, 0.2) is 0 Å². The van der Waals surface area contributed by atoms with Gasteiger partial charge in [-0.05, 0) is 49.2 Å². The van der Waals surface area contributed by atoms with Crippen LogP contribution < -0.4 is 10.5 Å². The third-order valence-electron chi connectivity index (χ3n) is 4.82. The summed E-state index contributed by atoms with van der Waals surface area (Å²) in [7, 11) is -3.55. The van der Waals surface area contributed by atoms with E-state index < -0.39 is 15.6 Å². The summed E-state index contributed by atoms with van der Waals surface area (Å²) in [5.74, 6) is -0.380. The van der Waals surface area contributed by atoms with E-state index in [4.69, 9.17) is 0 Å². The number of rotatable bonds is 5. The zero-order chi connectivity index (χ0) is 19.8. The van der Waals surface area contributed by atoms with E-state index in [-0.39, 0.29) is 16.4 Å². The van der Waals surface area contributed by atoms with Crippen LogP contribution in [0.1, 0.15) is 35.5 Å². The molecule has 0 aliphatic carbocycles. The predicted molar refractivity (Wildman–Crippen MR) is 104 cm³/mol. The monoisotopic (exact) mass is 389 g/mol. The van der Waals surface area contributed by atoms with Crippen molar-refractivity contribution in [1.29, 1.82) is 0 Å². The fraction of sp³-hybridized carbons (Fsp3) is 0.368. The molecular formula is C19H23N3O4S. The number of fused-ring (bicyclic) bond motifs is 1. The predicted octanol–water partition coefficient (Wildman–Crippen LogP) is 1.92. The highest BCUT2D eigenvalue weighted by Crippen LogP contribution is 2.31. The zero-order valence-corrected chi connectivity index (χ0v) is 16.5. The van der Waals surface area contributed by atoms with Gasteiger partial charge in [-0.3, -0.25) is 9.59 Å². The van der Waals surface area contributed by atoms with Gasteiger partial charge in [0.05, 0.1) is 4.90 Å². The van der Waals surface area contributed by atoms with Gasteiger partial charge in [0, 0.05) is 31.0 Å². The second kappa shape index (κ2) is 7.28. The van der Waals surface area contributed by atoms with Gasteiger partial charge in [0.2, 0.25) is 10.0 Å². The van der Waals surface area contributed by atoms with Gasteiger partial charge in [-0.2, -0.15) is 4.31 Å². The number of sulfonamides is 1. The minimum absolute atomic E-state index is 0.0771. The number of amides is 1. The van der Waals surface area contributed by atoms with Crippen LogP contribution in [-0.4, -0.2) is 43.2 Å². The average Bonchev–Trinajstić information content (AvgIpc) is 3.05. The summed E-state index contributed by atoms with van der Waals surface area (Å²) >= 11 is 0. The van der Waals surface area contributed by atoms with Crippen LogP contribution in [0.5, 0.6) is 0 Å². The number of pyridine rings is 1. The molecule has 1 aromatic carbocycles. The average molecular weight is 389 g/mol. The highest BCUT2D eigenvalue weighted by atomic mass is 32.2. The van der Waals surface area contributed by atoms with E-state index in [9.17, 15) is 18.0 Å². The van der Waals surface area contributed by atoms with Crippen LogP contribution in [0, 0.1) is 6.92 Å². The Morgan fingerprint density at radius 2 is 1.89 bits per heavy atom. The van der Waals surface area contributed by atoms with E-state index >= 15 is 0 Å². The molecule has 0 bridgehead atoms. The molecule has 8 heteroatoms. The van der Waals surface area contributed by atoms with E-state index in [0.29, 0.717) is 37.4 Å². The summed E-state index contributed by atoms with van der Waals surface area (Å²) in [4.78, 5) is 29.3. The molecule has 27 heavy (non-hydrogen) atoms. The van der Waals surface area contributed by atoms with Gasteiger partial charge in [0.25, 0.3) is 11.5 Å². The smallest absolute Gasteiger partial charge is 0.263 e. The Bertz CT molecular complexity index is 1040. The molecule has 0 saturated heterocycles. The number of hydrogen-bond acceptors (Lipinski definition) is 4. The standard InChI is InChI=1S/C19H23N3O4S/c1-4-21(5-2)27(25,26)15-7-9-17-14(12-15)10-11-22(17)19(24)16-8-6-13(3)20-18(16)23/h6-9,12H,4-5,10-11H2,1-3H3,(H,20,23). The van der Waals surface area contributed by atoms with Crippen LogP contribution in [0.3, 0.4) is 0 Å². The lowest BCUT2D eigenvalue weighted by Crippen LogP contribution is -2.33. The van der Waals surface area contributed by atoms with Crippen LogP contribution >= 0.6 is 0 Å². The maximum absolute atomic E-state index is 12.8. The molecule has 0 unspecified atom stereocenters. The lowest BCUT2D eigenvalue weighted by Gasteiger charge is -2.20. The van der Waals surface area contributed by atoms with Crippen molar-refractivity contribution in [3.63, 3.8) is 0 Å². The van der Waals surface area contributed by atoms with Crippen LogP contribution in [0.25, 0.3) is 0 Å². The molecule has 1 aliphatic heterocycles. The SMILES string of the molecule is CCN(CC)S(=O)(=O)c1ccc2c(c1)CCN2C(=O)c1ccc(C)[nH]c1=O. The van der Waals surface area contributed by atoms with E-state index in [2.05, 4.69) is 4.98 Å². The van der Waals surface area contributed by atoms with Crippen LogP contribution in [-0.2, 0) is 16.4 Å². The van der Waals surface area contributed by atoms with Crippen LogP contribution in [0.4, 0.5) is 5.69 Å². The van der Waals surface area contributed by atoms with Crippen LogP contribution in [0.2, 0.25) is 0 Å². The molecule has 1 aromatic heterocycles. The molecule has 0 radical (unpaired) electrons. The second-order valence-electron chi connectivity index (χ2n) is 6.47. The van der Waals surface area contributed by atoms with E-state index in [1.165, 1.54) is 21.3 Å². The highest BCUT2D eigenvalue weighted by molar-refractivity contribution is 7.89. The van der Waals surface area contributed by atoms with Gasteiger partial charge in [-0.25, -0.2) is 8.42 Å². The molecule has 0 spiro atoms. The third kappa shape index (κ3) is 3.42. The first-order valence-corrected chi connectivity index (χ1v) is 10.4. The van der Waals surface area contributed by atoms with Crippen molar-refractivity contribution in [2.45, 2.75) is 32.1 Å². The molecule has 1 amide bonds. The Balaban J connectivity index is 1.95. The minimum atomic E-state index is -3.55. The van der Waals surface area contributed by atoms with Gasteiger partial charge >= 0.3 is 0 Å². The summed E-state index contributed by atoms with van der Waals surface area (Å²) in [5.41, 5.74) is 1.78. The van der Waals surface area contributed by atoms with Crippen molar-refractivity contribution in [2.24, 2.45) is 0 Å². The number of aryl methyl sites for hydroxylation is 1. The molecule has 0 atom stereocenters. The van der Waals surface area contributed by atoms with Crippen molar-refractivity contribution < 1.29 is 13.2 Å². The first-order chi connectivity index (χ1) is 12.8. The number of carbonyl (C=O) groups is 1. The molecule has 2 aromatic rings. The Labute approximate surface area is 158 Å². The number of aromatic nitrogens is 1. The highest BCUT2D eigenvalue weighted by Gasteiger charge is 2.29. The fourth-order valence-electron chi connectivity index (χ4n) is 3.35. The van der Waals surface area contributed by atoms with Crippen molar-refractivity contribution in [1.82, 2.24) is 9.29 Å². The summed E-state index contributed by atoms with van der Waals surface area (Å²) in [6.07, 6.45) is 0.548. The largest absolute Gasteiger partial charge is 0.326 e. The number of anilines is 1.